The van der Waals surface area contributed by atoms with Crippen molar-refractivity contribution >= 4 is 23.3 Å². The number of rotatable bonds is 2. The maximum absolute atomic E-state index is 11.6. The first-order chi connectivity index (χ1) is 9.06. The van der Waals surface area contributed by atoms with Gasteiger partial charge in [0.05, 0.1) is 31.2 Å². The van der Waals surface area contributed by atoms with Crippen LogP contribution in [0.4, 0.5) is 5.69 Å². The first-order valence-corrected chi connectivity index (χ1v) is 5.51. The smallest absolute Gasteiger partial charge is 0.339 e. The summed E-state index contributed by atoms with van der Waals surface area (Å²) < 4.78 is 4.56. The summed E-state index contributed by atoms with van der Waals surface area (Å²) in [6.07, 6.45) is -0.124. The summed E-state index contributed by atoms with van der Waals surface area (Å²) in [7, 11) is 1.22. The van der Waals surface area contributed by atoms with E-state index in [2.05, 4.69) is 4.74 Å². The Labute approximate surface area is 109 Å². The second-order valence-electron chi connectivity index (χ2n) is 4.03. The summed E-state index contributed by atoms with van der Waals surface area (Å²) in [5.41, 5.74) is 0.670. The Hall–Kier alpha value is -2.68. The highest BCUT2D eigenvalue weighted by atomic mass is 16.5. The number of nitrogens with zero attached hydrogens (tertiary/aromatic N) is 2. The molecule has 1 aliphatic rings. The van der Waals surface area contributed by atoms with E-state index in [1.807, 2.05) is 6.07 Å². The van der Waals surface area contributed by atoms with Crippen LogP contribution >= 0.6 is 0 Å². The van der Waals surface area contributed by atoms with Gasteiger partial charge in [0, 0.05) is 5.69 Å². The summed E-state index contributed by atoms with van der Waals surface area (Å²) in [5, 5.41) is 9.02. The molecule has 0 spiro atoms. The van der Waals surface area contributed by atoms with Crippen molar-refractivity contribution in [3.63, 3.8) is 0 Å². The SMILES string of the molecule is COC(=O)c1ccc(N2CC(=O)CC2=O)cc1C#N. The molecule has 0 saturated carbocycles. The molecule has 1 amide bonds. The van der Waals surface area contributed by atoms with Crippen molar-refractivity contribution in [3.8, 4) is 6.07 Å². The van der Waals surface area contributed by atoms with Crippen LogP contribution in [0.1, 0.15) is 22.3 Å². The van der Waals surface area contributed by atoms with E-state index >= 15 is 0 Å². The number of benzene rings is 1. The lowest BCUT2D eigenvalue weighted by Crippen LogP contribution is -2.24. The first-order valence-electron chi connectivity index (χ1n) is 5.51. The first kappa shape index (κ1) is 12.8. The number of hydrogen-bond acceptors (Lipinski definition) is 5. The molecule has 0 bridgehead atoms. The highest BCUT2D eigenvalue weighted by Gasteiger charge is 2.29. The lowest BCUT2D eigenvalue weighted by molar-refractivity contribution is -0.121. The molecule has 0 atom stereocenters. The van der Waals surface area contributed by atoms with Crippen LogP contribution in [0.25, 0.3) is 0 Å². The second kappa shape index (κ2) is 4.90. The Balaban J connectivity index is 2.40. The minimum atomic E-state index is -0.619. The van der Waals surface area contributed by atoms with Crippen molar-refractivity contribution in [2.24, 2.45) is 0 Å². The van der Waals surface area contributed by atoms with E-state index in [1.54, 1.807) is 0 Å². The number of anilines is 1. The number of carbonyl (C=O) groups excluding carboxylic acids is 3. The zero-order valence-electron chi connectivity index (χ0n) is 10.2. The van der Waals surface area contributed by atoms with Gasteiger partial charge >= 0.3 is 5.97 Å². The van der Waals surface area contributed by atoms with Crippen LogP contribution in [0.5, 0.6) is 0 Å². The highest BCUT2D eigenvalue weighted by molar-refractivity contribution is 6.15. The molecule has 1 fully saturated rings. The topological polar surface area (TPSA) is 87.5 Å². The number of carbonyl (C=O) groups is 3. The van der Waals surface area contributed by atoms with E-state index in [0.717, 1.165) is 0 Å². The van der Waals surface area contributed by atoms with Crippen LogP contribution in [0.2, 0.25) is 0 Å². The molecule has 6 heteroatoms. The van der Waals surface area contributed by atoms with Gasteiger partial charge in [-0.05, 0) is 18.2 Å². The third-order valence-electron chi connectivity index (χ3n) is 2.82. The third-order valence-corrected chi connectivity index (χ3v) is 2.82. The Morgan fingerprint density at radius 1 is 1.42 bits per heavy atom. The van der Waals surface area contributed by atoms with Crippen molar-refractivity contribution < 1.29 is 19.1 Å². The van der Waals surface area contributed by atoms with Gasteiger partial charge in [0.15, 0.2) is 5.78 Å². The lowest BCUT2D eigenvalue weighted by Gasteiger charge is -2.15. The van der Waals surface area contributed by atoms with E-state index in [1.165, 1.54) is 30.2 Å². The highest BCUT2D eigenvalue weighted by Crippen LogP contribution is 2.23. The number of amides is 1. The molecule has 0 aromatic heterocycles. The Morgan fingerprint density at radius 3 is 2.68 bits per heavy atom. The summed E-state index contributed by atoms with van der Waals surface area (Å²) in [6.45, 7) is 0.00126. The molecular weight excluding hydrogens is 248 g/mol. The molecule has 1 saturated heterocycles. The molecule has 1 aliphatic heterocycles. The van der Waals surface area contributed by atoms with Crippen LogP contribution in [-0.2, 0) is 14.3 Å². The van der Waals surface area contributed by atoms with Gasteiger partial charge in [-0.15, -0.1) is 0 Å². The largest absolute Gasteiger partial charge is 0.465 e. The number of esters is 1. The normalized spacial score (nSPS) is 14.4. The molecule has 0 aliphatic carbocycles. The van der Waals surface area contributed by atoms with Gasteiger partial charge in [0.2, 0.25) is 5.91 Å². The van der Waals surface area contributed by atoms with E-state index in [0.29, 0.717) is 5.69 Å². The summed E-state index contributed by atoms with van der Waals surface area (Å²) in [5.74, 6) is -1.09. The summed E-state index contributed by atoms with van der Waals surface area (Å²) >= 11 is 0. The summed E-state index contributed by atoms with van der Waals surface area (Å²) in [6, 6.07) is 6.21. The molecule has 1 aromatic rings. The number of Topliss-reactive ketones (excluding diaryl/α,β-unsaturated/α-hetero) is 1. The fourth-order valence-electron chi connectivity index (χ4n) is 1.90. The van der Waals surface area contributed by atoms with Crippen LogP contribution in [0.15, 0.2) is 18.2 Å². The molecule has 19 heavy (non-hydrogen) atoms. The molecular formula is C13H10N2O4. The third kappa shape index (κ3) is 2.31. The number of nitriles is 1. The zero-order chi connectivity index (χ0) is 14.0. The number of ketones is 1. The van der Waals surface area contributed by atoms with Crippen molar-refractivity contribution in [1.29, 1.82) is 5.26 Å². The fraction of sp³-hybridized carbons (Fsp3) is 0.231. The maximum atomic E-state index is 11.6. The Kier molecular flexibility index (Phi) is 3.29. The van der Waals surface area contributed by atoms with E-state index in [9.17, 15) is 14.4 Å². The number of methoxy groups -OCH3 is 1. The van der Waals surface area contributed by atoms with Crippen LogP contribution in [0.3, 0.4) is 0 Å². The van der Waals surface area contributed by atoms with E-state index in [-0.39, 0.29) is 35.8 Å². The van der Waals surface area contributed by atoms with Gasteiger partial charge in [-0.25, -0.2) is 4.79 Å². The zero-order valence-corrected chi connectivity index (χ0v) is 10.2. The van der Waals surface area contributed by atoms with E-state index < -0.39 is 5.97 Å². The summed E-state index contributed by atoms with van der Waals surface area (Å²) in [4.78, 5) is 35.5. The van der Waals surface area contributed by atoms with Gasteiger partial charge in [-0.2, -0.15) is 5.26 Å². The van der Waals surface area contributed by atoms with Gasteiger partial charge in [-0.3, -0.25) is 9.59 Å². The van der Waals surface area contributed by atoms with Gasteiger partial charge < -0.3 is 9.64 Å². The van der Waals surface area contributed by atoms with Crippen LogP contribution in [0, 0.1) is 11.3 Å². The molecule has 2 rings (SSSR count). The van der Waals surface area contributed by atoms with Crippen molar-refractivity contribution in [3.05, 3.63) is 29.3 Å². The molecule has 96 valence electrons. The van der Waals surface area contributed by atoms with Crippen molar-refractivity contribution in [1.82, 2.24) is 0 Å². The van der Waals surface area contributed by atoms with Gasteiger partial charge in [0.1, 0.15) is 6.07 Å². The fourth-order valence-corrected chi connectivity index (χ4v) is 1.90. The molecule has 0 radical (unpaired) electrons. The van der Waals surface area contributed by atoms with Crippen LogP contribution < -0.4 is 4.90 Å². The lowest BCUT2D eigenvalue weighted by atomic mass is 10.1. The predicted molar refractivity (Wildman–Crippen MR) is 64.5 cm³/mol. The quantitative estimate of drug-likeness (QED) is 0.574. The Morgan fingerprint density at radius 2 is 2.16 bits per heavy atom. The minimum absolute atomic E-state index is 0.00126. The minimum Gasteiger partial charge on any atom is -0.465 e. The van der Waals surface area contributed by atoms with Gasteiger partial charge in [0.25, 0.3) is 0 Å². The molecule has 0 N–H and O–H groups in total. The standard InChI is InChI=1S/C13H10N2O4/c1-19-13(18)11-3-2-9(4-8(11)6-14)15-7-10(16)5-12(15)17/h2-4H,5,7H2,1H3. The molecule has 1 heterocycles. The average molecular weight is 258 g/mol. The monoisotopic (exact) mass is 258 g/mol. The molecule has 6 nitrogen and oxygen atoms in total. The number of hydrogen-bond donors (Lipinski definition) is 0. The van der Waals surface area contributed by atoms with Crippen molar-refractivity contribution in [2.45, 2.75) is 6.42 Å². The predicted octanol–water partition coefficient (Wildman–Crippen LogP) is 0.651. The van der Waals surface area contributed by atoms with Crippen LogP contribution in [-0.4, -0.2) is 31.3 Å². The second-order valence-corrected chi connectivity index (χ2v) is 4.03. The number of ether oxygens (including phenoxy) is 1. The van der Waals surface area contributed by atoms with E-state index in [4.69, 9.17) is 5.26 Å². The van der Waals surface area contributed by atoms with Gasteiger partial charge in [-0.1, -0.05) is 0 Å². The average Bonchev–Trinajstić information content (AvgIpc) is 2.76. The Bertz CT molecular complexity index is 616. The molecule has 0 unspecified atom stereocenters. The van der Waals surface area contributed by atoms with Crippen molar-refractivity contribution in [2.75, 3.05) is 18.6 Å². The molecule has 1 aromatic carbocycles. The maximum Gasteiger partial charge on any atom is 0.339 e.